The van der Waals surface area contributed by atoms with E-state index >= 15 is 0 Å². The van der Waals surface area contributed by atoms with Crippen molar-refractivity contribution in [3.8, 4) is 16.9 Å². The van der Waals surface area contributed by atoms with Gasteiger partial charge in [-0.25, -0.2) is 17.4 Å². The van der Waals surface area contributed by atoms with Crippen LogP contribution in [0.3, 0.4) is 0 Å². The van der Waals surface area contributed by atoms with Crippen LogP contribution in [0.4, 0.5) is 5.69 Å². The minimum atomic E-state index is -3.61. The molecule has 0 radical (unpaired) electrons. The molecule has 194 valence electrons. The highest BCUT2D eigenvalue weighted by Gasteiger charge is 2.29. The van der Waals surface area contributed by atoms with Crippen LogP contribution < -0.4 is 11.1 Å². The molecule has 0 atom stereocenters. The van der Waals surface area contributed by atoms with E-state index in [4.69, 9.17) is 17.3 Å². The molecule has 0 saturated carbocycles. The number of fused-ring (bicyclic) bond motifs is 3. The van der Waals surface area contributed by atoms with Crippen LogP contribution in [0.5, 0.6) is 0 Å². The number of amides is 2. The average Bonchev–Trinajstić information content (AvgIpc) is 3.29. The van der Waals surface area contributed by atoms with E-state index in [-0.39, 0.29) is 16.5 Å². The molecule has 0 unspecified atom stereocenters. The summed E-state index contributed by atoms with van der Waals surface area (Å²) in [4.78, 5) is 25.3. The molecule has 1 aliphatic carbocycles. The van der Waals surface area contributed by atoms with Gasteiger partial charge >= 0.3 is 0 Å². The number of benzene rings is 3. The topological polar surface area (TPSA) is 127 Å². The van der Waals surface area contributed by atoms with Gasteiger partial charge in [0.2, 0.25) is 10.0 Å². The first-order chi connectivity index (χ1) is 18.1. The Morgan fingerprint density at radius 3 is 2.39 bits per heavy atom. The number of halogens is 1. The number of anilines is 1. The lowest BCUT2D eigenvalue weighted by molar-refractivity contribution is 0.0992. The summed E-state index contributed by atoms with van der Waals surface area (Å²) in [6.07, 6.45) is 1.21. The Hall–Kier alpha value is -3.99. The highest BCUT2D eigenvalue weighted by Crippen LogP contribution is 2.38. The zero-order valence-corrected chi connectivity index (χ0v) is 22.2. The first-order valence-corrected chi connectivity index (χ1v) is 13.5. The average molecular weight is 550 g/mol. The van der Waals surface area contributed by atoms with Gasteiger partial charge in [-0.05, 0) is 66.9 Å². The second kappa shape index (κ2) is 9.71. The number of carbonyl (C=O) groups excluding carboxylic acids is 2. The quantitative estimate of drug-likeness (QED) is 0.377. The standard InChI is InChI=1S/C27H24ClN5O4S/c1-32(2)38(36,37)19-12-10-18(11-13-19)33-25-21(24(31-33)26(29)34)14-8-16-7-9-17(15-22(16)25)30-27(35)20-5-3-4-6-23(20)28/h3-7,9-13,15H,8,14H2,1-2H3,(H2,29,34)(H,30,35). The molecule has 1 aromatic heterocycles. The molecular weight excluding hydrogens is 526 g/mol. The van der Waals surface area contributed by atoms with E-state index in [0.717, 1.165) is 15.4 Å². The van der Waals surface area contributed by atoms with Crippen molar-refractivity contribution in [1.82, 2.24) is 14.1 Å². The molecule has 11 heteroatoms. The Morgan fingerprint density at radius 1 is 1.03 bits per heavy atom. The minimum absolute atomic E-state index is 0.132. The molecule has 3 N–H and O–H groups in total. The summed E-state index contributed by atoms with van der Waals surface area (Å²) < 4.78 is 27.8. The molecular formula is C27H24ClN5O4S. The lowest BCUT2D eigenvalue weighted by Gasteiger charge is -2.20. The third kappa shape index (κ3) is 4.47. The van der Waals surface area contributed by atoms with Crippen LogP contribution >= 0.6 is 11.6 Å². The number of aromatic nitrogens is 2. The number of carbonyl (C=O) groups is 2. The largest absolute Gasteiger partial charge is 0.364 e. The Kier molecular flexibility index (Phi) is 6.56. The minimum Gasteiger partial charge on any atom is -0.364 e. The van der Waals surface area contributed by atoms with Crippen LogP contribution in [0.2, 0.25) is 5.02 Å². The molecule has 0 spiro atoms. The summed E-state index contributed by atoms with van der Waals surface area (Å²) >= 11 is 6.19. The van der Waals surface area contributed by atoms with E-state index in [1.54, 1.807) is 41.1 Å². The van der Waals surface area contributed by atoms with Crippen molar-refractivity contribution in [2.45, 2.75) is 17.7 Å². The maximum absolute atomic E-state index is 12.9. The van der Waals surface area contributed by atoms with Gasteiger partial charge in [-0.2, -0.15) is 5.10 Å². The van der Waals surface area contributed by atoms with Crippen LogP contribution in [0.25, 0.3) is 16.9 Å². The van der Waals surface area contributed by atoms with Crippen molar-refractivity contribution in [2.75, 3.05) is 19.4 Å². The third-order valence-electron chi connectivity index (χ3n) is 6.46. The van der Waals surface area contributed by atoms with Crippen LogP contribution in [0.1, 0.15) is 32.0 Å². The first-order valence-electron chi connectivity index (χ1n) is 11.7. The summed E-state index contributed by atoms with van der Waals surface area (Å²) in [6.45, 7) is 0. The van der Waals surface area contributed by atoms with Crippen LogP contribution in [-0.4, -0.2) is 48.4 Å². The second-order valence-electron chi connectivity index (χ2n) is 9.04. The molecule has 1 heterocycles. The SMILES string of the molecule is CN(C)S(=O)(=O)c1ccc(-n2nc(C(N)=O)c3c2-c2cc(NC(=O)c4ccccc4Cl)ccc2CC3)cc1. The fraction of sp³-hybridized carbons (Fsp3) is 0.148. The van der Waals surface area contributed by atoms with E-state index in [1.807, 2.05) is 18.2 Å². The second-order valence-corrected chi connectivity index (χ2v) is 11.6. The maximum Gasteiger partial charge on any atom is 0.269 e. The fourth-order valence-corrected chi connectivity index (χ4v) is 5.64. The zero-order chi connectivity index (χ0) is 27.2. The molecule has 4 aromatic rings. The smallest absolute Gasteiger partial charge is 0.269 e. The molecule has 1 aliphatic rings. The van der Waals surface area contributed by atoms with Gasteiger partial charge in [0.1, 0.15) is 0 Å². The number of sulfonamides is 1. The molecule has 0 saturated heterocycles. The highest BCUT2D eigenvalue weighted by atomic mass is 35.5. The van der Waals surface area contributed by atoms with Gasteiger partial charge in [-0.3, -0.25) is 9.59 Å². The van der Waals surface area contributed by atoms with E-state index < -0.39 is 15.9 Å². The number of hydrogen-bond acceptors (Lipinski definition) is 5. The third-order valence-corrected chi connectivity index (χ3v) is 8.62. The van der Waals surface area contributed by atoms with Crippen LogP contribution in [0, 0.1) is 0 Å². The van der Waals surface area contributed by atoms with Crippen molar-refractivity contribution in [3.63, 3.8) is 0 Å². The lowest BCUT2D eigenvalue weighted by atomic mass is 9.88. The lowest BCUT2D eigenvalue weighted by Crippen LogP contribution is -2.22. The first kappa shape index (κ1) is 25.7. The Bertz CT molecular complexity index is 1700. The van der Waals surface area contributed by atoms with Crippen LogP contribution in [-0.2, 0) is 22.9 Å². The number of nitrogens with zero attached hydrogens (tertiary/aromatic N) is 3. The Labute approximate surface area is 224 Å². The summed E-state index contributed by atoms with van der Waals surface area (Å²) in [7, 11) is -0.686. The number of nitrogens with two attached hydrogens (primary N) is 1. The van der Waals surface area contributed by atoms with Gasteiger partial charge in [0.15, 0.2) is 5.69 Å². The predicted octanol–water partition coefficient (Wildman–Crippen LogP) is 3.89. The number of rotatable bonds is 6. The van der Waals surface area contributed by atoms with Crippen molar-refractivity contribution in [3.05, 3.63) is 94.1 Å². The molecule has 0 aliphatic heterocycles. The van der Waals surface area contributed by atoms with E-state index in [2.05, 4.69) is 10.4 Å². The predicted molar refractivity (Wildman–Crippen MR) is 145 cm³/mol. The highest BCUT2D eigenvalue weighted by molar-refractivity contribution is 7.89. The fourth-order valence-electron chi connectivity index (χ4n) is 4.51. The zero-order valence-electron chi connectivity index (χ0n) is 20.6. The van der Waals surface area contributed by atoms with Gasteiger partial charge < -0.3 is 11.1 Å². The number of aryl methyl sites for hydroxylation is 1. The number of primary amides is 1. The molecule has 9 nitrogen and oxygen atoms in total. The van der Waals surface area contributed by atoms with Gasteiger partial charge in [-0.15, -0.1) is 0 Å². The Morgan fingerprint density at radius 2 is 1.74 bits per heavy atom. The molecule has 0 fully saturated rings. The summed E-state index contributed by atoms with van der Waals surface area (Å²) in [5, 5.41) is 7.74. The summed E-state index contributed by atoms with van der Waals surface area (Å²) in [6, 6.07) is 18.6. The van der Waals surface area contributed by atoms with Crippen LogP contribution in [0.15, 0.2) is 71.6 Å². The van der Waals surface area contributed by atoms with Crippen molar-refractivity contribution in [1.29, 1.82) is 0 Å². The molecule has 5 rings (SSSR count). The molecule has 38 heavy (non-hydrogen) atoms. The van der Waals surface area contributed by atoms with Gasteiger partial charge in [-0.1, -0.05) is 29.8 Å². The maximum atomic E-state index is 12.9. The molecule has 3 aromatic carbocycles. The normalized spacial score (nSPS) is 12.6. The van der Waals surface area contributed by atoms with E-state index in [0.29, 0.717) is 46.1 Å². The summed E-state index contributed by atoms with van der Waals surface area (Å²) in [5.74, 6) is -1.01. The van der Waals surface area contributed by atoms with E-state index in [1.165, 1.54) is 26.2 Å². The van der Waals surface area contributed by atoms with E-state index in [9.17, 15) is 18.0 Å². The van der Waals surface area contributed by atoms with Crippen molar-refractivity contribution < 1.29 is 18.0 Å². The number of hydrogen-bond donors (Lipinski definition) is 2. The number of nitrogens with one attached hydrogen (secondary N) is 1. The summed E-state index contributed by atoms with van der Waals surface area (Å²) in [5.41, 5.74) is 10.4. The van der Waals surface area contributed by atoms with Gasteiger partial charge in [0, 0.05) is 30.9 Å². The molecule has 2 amide bonds. The van der Waals surface area contributed by atoms with Gasteiger partial charge in [0.25, 0.3) is 11.8 Å². The molecule has 0 bridgehead atoms. The van der Waals surface area contributed by atoms with Gasteiger partial charge in [0.05, 0.1) is 26.9 Å². The van der Waals surface area contributed by atoms with Crippen molar-refractivity contribution >= 4 is 39.1 Å². The monoisotopic (exact) mass is 549 g/mol. The van der Waals surface area contributed by atoms with Crippen molar-refractivity contribution in [2.24, 2.45) is 5.73 Å². The Balaban J connectivity index is 1.59.